The molecule has 0 aromatic heterocycles. The van der Waals surface area contributed by atoms with Gasteiger partial charge in [-0.05, 0) is 49.9 Å². The lowest BCUT2D eigenvalue weighted by Gasteiger charge is -2.23. The molecule has 3 rings (SSSR count). The number of rotatable bonds is 3. The van der Waals surface area contributed by atoms with Crippen LogP contribution in [0.3, 0.4) is 0 Å². The molecule has 110 valence electrons. The van der Waals surface area contributed by atoms with Crippen molar-refractivity contribution in [3.05, 3.63) is 24.3 Å². The smallest absolute Gasteiger partial charge is 0.180 e. The Morgan fingerprint density at radius 3 is 2.45 bits per heavy atom. The maximum atomic E-state index is 12.4. The zero-order valence-electron chi connectivity index (χ0n) is 11.5. The van der Waals surface area contributed by atoms with E-state index in [-0.39, 0.29) is 17.5 Å². The molecule has 1 saturated heterocycles. The quantitative estimate of drug-likeness (QED) is 0.870. The summed E-state index contributed by atoms with van der Waals surface area (Å²) in [6, 6.07) is 6.40. The highest BCUT2D eigenvalue weighted by Crippen LogP contribution is 2.43. The maximum Gasteiger partial charge on any atom is 0.180 e. The number of anilines is 1. The number of hydrogen-bond acceptors (Lipinski definition) is 4. The van der Waals surface area contributed by atoms with Gasteiger partial charge in [0.25, 0.3) is 0 Å². The lowest BCUT2D eigenvalue weighted by molar-refractivity contribution is -0.0273. The Labute approximate surface area is 120 Å². The Morgan fingerprint density at radius 2 is 1.80 bits per heavy atom. The van der Waals surface area contributed by atoms with Crippen LogP contribution in [0.4, 0.5) is 5.69 Å². The van der Waals surface area contributed by atoms with Crippen LogP contribution < -0.4 is 5.73 Å². The second kappa shape index (κ2) is 5.04. The van der Waals surface area contributed by atoms with Crippen molar-refractivity contribution in [3.8, 4) is 0 Å². The molecule has 2 aliphatic rings. The molecule has 5 heteroatoms. The standard InChI is InChI=1S/C15H21NO3S/c16-12-3-5-14(6-4-12)20(17,18)11-13-7-10-15(19-13)8-1-2-9-15/h3-6,13H,1-2,7-11,16H2. The lowest BCUT2D eigenvalue weighted by Crippen LogP contribution is -2.28. The molecule has 20 heavy (non-hydrogen) atoms. The van der Waals surface area contributed by atoms with Crippen molar-refractivity contribution in [2.45, 2.75) is 55.1 Å². The van der Waals surface area contributed by atoms with E-state index < -0.39 is 9.84 Å². The fraction of sp³-hybridized carbons (Fsp3) is 0.600. The van der Waals surface area contributed by atoms with Gasteiger partial charge < -0.3 is 10.5 Å². The van der Waals surface area contributed by atoms with Crippen LogP contribution in [-0.4, -0.2) is 25.9 Å². The van der Waals surface area contributed by atoms with Crippen LogP contribution in [0.25, 0.3) is 0 Å². The number of benzene rings is 1. The third kappa shape index (κ3) is 2.69. The maximum absolute atomic E-state index is 12.4. The molecule has 0 amide bonds. The van der Waals surface area contributed by atoms with Crippen LogP contribution in [0.1, 0.15) is 38.5 Å². The molecule has 0 radical (unpaired) electrons. The monoisotopic (exact) mass is 295 g/mol. The van der Waals surface area contributed by atoms with Crippen molar-refractivity contribution < 1.29 is 13.2 Å². The largest absolute Gasteiger partial charge is 0.399 e. The van der Waals surface area contributed by atoms with E-state index in [1.807, 2.05) is 0 Å². The molecule has 1 aliphatic carbocycles. The minimum atomic E-state index is -3.29. The van der Waals surface area contributed by atoms with Gasteiger partial charge in [0.1, 0.15) is 0 Å². The predicted molar refractivity (Wildman–Crippen MR) is 78.2 cm³/mol. The fourth-order valence-electron chi connectivity index (χ4n) is 3.42. The average Bonchev–Trinajstić information content (AvgIpc) is 3.00. The number of nitrogens with two attached hydrogens (primary N) is 1. The summed E-state index contributed by atoms with van der Waals surface area (Å²) in [6.07, 6.45) is 6.30. The molecule has 0 bridgehead atoms. The first-order valence-corrected chi connectivity index (χ1v) is 8.91. The zero-order valence-corrected chi connectivity index (χ0v) is 12.4. The minimum Gasteiger partial charge on any atom is -0.399 e. The predicted octanol–water partition coefficient (Wildman–Crippen LogP) is 2.53. The average molecular weight is 295 g/mol. The van der Waals surface area contributed by atoms with Gasteiger partial charge in [0, 0.05) is 5.69 Å². The highest BCUT2D eigenvalue weighted by atomic mass is 32.2. The molecule has 1 aromatic rings. The summed E-state index contributed by atoms with van der Waals surface area (Å²) < 4.78 is 30.9. The van der Waals surface area contributed by atoms with Gasteiger partial charge in [0.05, 0.1) is 22.4 Å². The van der Waals surface area contributed by atoms with Gasteiger partial charge in [-0.2, -0.15) is 0 Å². The lowest BCUT2D eigenvalue weighted by atomic mass is 9.98. The summed E-state index contributed by atoms with van der Waals surface area (Å²) in [5.41, 5.74) is 6.15. The minimum absolute atomic E-state index is 0.0126. The molecule has 2 fully saturated rings. The second-order valence-corrected chi connectivity index (χ2v) is 8.05. The van der Waals surface area contributed by atoms with Crippen LogP contribution in [0.5, 0.6) is 0 Å². The van der Waals surface area contributed by atoms with Gasteiger partial charge in [0.2, 0.25) is 0 Å². The number of ether oxygens (including phenoxy) is 1. The van der Waals surface area contributed by atoms with Gasteiger partial charge in [0.15, 0.2) is 9.84 Å². The first-order chi connectivity index (χ1) is 9.49. The summed E-state index contributed by atoms with van der Waals surface area (Å²) in [4.78, 5) is 0.336. The van der Waals surface area contributed by atoms with E-state index in [2.05, 4.69) is 0 Å². The van der Waals surface area contributed by atoms with Gasteiger partial charge in [-0.3, -0.25) is 0 Å². The van der Waals surface area contributed by atoms with Crippen LogP contribution in [-0.2, 0) is 14.6 Å². The zero-order chi connectivity index (χ0) is 14.2. The van der Waals surface area contributed by atoms with Crippen molar-refractivity contribution in [1.29, 1.82) is 0 Å². The number of nitrogen functional groups attached to an aromatic ring is 1. The summed E-state index contributed by atoms with van der Waals surface area (Å²) in [5, 5.41) is 0. The highest BCUT2D eigenvalue weighted by Gasteiger charge is 2.43. The summed E-state index contributed by atoms with van der Waals surface area (Å²) >= 11 is 0. The van der Waals surface area contributed by atoms with Gasteiger partial charge in [-0.1, -0.05) is 12.8 Å². The van der Waals surface area contributed by atoms with Crippen LogP contribution in [0.15, 0.2) is 29.2 Å². The van der Waals surface area contributed by atoms with Crippen molar-refractivity contribution in [2.24, 2.45) is 0 Å². The molecular formula is C15H21NO3S. The number of hydrogen-bond donors (Lipinski definition) is 1. The summed E-state index contributed by atoms with van der Waals surface area (Å²) in [6.45, 7) is 0. The molecule has 1 spiro atoms. The van der Waals surface area contributed by atoms with E-state index in [0.29, 0.717) is 10.6 Å². The van der Waals surface area contributed by atoms with Crippen molar-refractivity contribution in [1.82, 2.24) is 0 Å². The van der Waals surface area contributed by atoms with Crippen molar-refractivity contribution in [3.63, 3.8) is 0 Å². The number of sulfone groups is 1. The third-order valence-corrected chi connectivity index (χ3v) is 6.30. The molecule has 1 saturated carbocycles. The fourth-order valence-corrected chi connectivity index (χ4v) is 4.88. The normalized spacial score (nSPS) is 25.3. The van der Waals surface area contributed by atoms with Crippen molar-refractivity contribution >= 4 is 15.5 Å². The van der Waals surface area contributed by atoms with Crippen LogP contribution in [0.2, 0.25) is 0 Å². The van der Waals surface area contributed by atoms with Crippen LogP contribution >= 0.6 is 0 Å². The van der Waals surface area contributed by atoms with Gasteiger partial charge >= 0.3 is 0 Å². The Hall–Kier alpha value is -1.07. The van der Waals surface area contributed by atoms with E-state index >= 15 is 0 Å². The Balaban J connectivity index is 1.70. The highest BCUT2D eigenvalue weighted by molar-refractivity contribution is 7.91. The van der Waals surface area contributed by atoms with Gasteiger partial charge in [-0.15, -0.1) is 0 Å². The molecule has 4 nitrogen and oxygen atoms in total. The van der Waals surface area contributed by atoms with Gasteiger partial charge in [-0.25, -0.2) is 8.42 Å². The van der Waals surface area contributed by atoms with Crippen LogP contribution in [0, 0.1) is 0 Å². The molecule has 1 aromatic carbocycles. The SMILES string of the molecule is Nc1ccc(S(=O)(=O)CC2CCC3(CCCC3)O2)cc1. The topological polar surface area (TPSA) is 69.4 Å². The van der Waals surface area contributed by atoms with Crippen molar-refractivity contribution in [2.75, 3.05) is 11.5 Å². The van der Waals surface area contributed by atoms with E-state index in [1.165, 1.54) is 12.8 Å². The third-order valence-electron chi connectivity index (χ3n) is 4.50. The molecule has 1 aliphatic heterocycles. The molecule has 1 atom stereocenters. The summed E-state index contributed by atoms with van der Waals surface area (Å²) in [5.74, 6) is 0.0820. The van der Waals surface area contributed by atoms with E-state index in [9.17, 15) is 8.42 Å². The second-order valence-electron chi connectivity index (χ2n) is 6.02. The first kappa shape index (κ1) is 13.9. The van der Waals surface area contributed by atoms with E-state index in [1.54, 1.807) is 24.3 Å². The van der Waals surface area contributed by atoms with E-state index in [4.69, 9.17) is 10.5 Å². The Kier molecular flexibility index (Phi) is 3.50. The molecule has 2 N–H and O–H groups in total. The summed E-state index contributed by atoms with van der Waals surface area (Å²) in [7, 11) is -3.29. The molecular weight excluding hydrogens is 274 g/mol. The Morgan fingerprint density at radius 1 is 1.15 bits per heavy atom. The Bertz CT molecular complexity index is 574. The van der Waals surface area contributed by atoms with E-state index in [0.717, 1.165) is 25.7 Å². The first-order valence-electron chi connectivity index (χ1n) is 7.25. The molecule has 1 unspecified atom stereocenters. The molecule has 1 heterocycles.